The zero-order valence-corrected chi connectivity index (χ0v) is 15.8. The Morgan fingerprint density at radius 3 is 2.32 bits per heavy atom. The van der Waals surface area contributed by atoms with E-state index in [1.165, 1.54) is 30.6 Å². The van der Waals surface area contributed by atoms with Crippen LogP contribution in [0.3, 0.4) is 0 Å². The number of amides is 2. The molecule has 9 heteroatoms. The SMILES string of the molecule is COc1ccc(-c2nc(C(=O)NNC(=O)c3ccc(F)cc3)cs2)cc1OC. The number of hydrogen-bond donors (Lipinski definition) is 2. The van der Waals surface area contributed by atoms with E-state index in [4.69, 9.17) is 9.47 Å². The van der Waals surface area contributed by atoms with Gasteiger partial charge in [0.2, 0.25) is 0 Å². The normalized spacial score (nSPS) is 10.2. The molecule has 7 nitrogen and oxygen atoms in total. The minimum Gasteiger partial charge on any atom is -0.493 e. The molecule has 28 heavy (non-hydrogen) atoms. The topological polar surface area (TPSA) is 89.5 Å². The predicted molar refractivity (Wildman–Crippen MR) is 102 cm³/mol. The Balaban J connectivity index is 1.67. The molecule has 3 rings (SSSR count). The highest BCUT2D eigenvalue weighted by Gasteiger charge is 2.15. The fourth-order valence-electron chi connectivity index (χ4n) is 2.33. The summed E-state index contributed by atoms with van der Waals surface area (Å²) < 4.78 is 23.4. The van der Waals surface area contributed by atoms with E-state index in [0.717, 1.165) is 17.7 Å². The van der Waals surface area contributed by atoms with Gasteiger partial charge >= 0.3 is 0 Å². The van der Waals surface area contributed by atoms with Crippen molar-refractivity contribution < 1.29 is 23.5 Å². The van der Waals surface area contributed by atoms with Gasteiger partial charge in [0, 0.05) is 16.5 Å². The highest BCUT2D eigenvalue weighted by atomic mass is 32.1. The van der Waals surface area contributed by atoms with Gasteiger partial charge < -0.3 is 9.47 Å². The van der Waals surface area contributed by atoms with E-state index < -0.39 is 17.6 Å². The zero-order valence-electron chi connectivity index (χ0n) is 15.0. The number of methoxy groups -OCH3 is 2. The number of aromatic nitrogens is 1. The third kappa shape index (κ3) is 4.26. The Morgan fingerprint density at radius 2 is 1.64 bits per heavy atom. The first kappa shape index (κ1) is 19.3. The molecule has 1 heterocycles. The summed E-state index contributed by atoms with van der Waals surface area (Å²) in [5.41, 5.74) is 5.67. The first-order valence-electron chi connectivity index (χ1n) is 8.06. The van der Waals surface area contributed by atoms with Gasteiger partial charge in [-0.05, 0) is 42.5 Å². The number of rotatable bonds is 5. The van der Waals surface area contributed by atoms with E-state index in [1.54, 1.807) is 30.7 Å². The summed E-state index contributed by atoms with van der Waals surface area (Å²) >= 11 is 1.27. The Labute approximate surface area is 164 Å². The van der Waals surface area contributed by atoms with Gasteiger partial charge in [0.05, 0.1) is 14.2 Å². The Hall–Kier alpha value is -3.46. The highest BCUT2D eigenvalue weighted by molar-refractivity contribution is 7.13. The van der Waals surface area contributed by atoms with Crippen molar-refractivity contribution in [3.8, 4) is 22.1 Å². The molecule has 0 radical (unpaired) electrons. The summed E-state index contributed by atoms with van der Waals surface area (Å²) in [5.74, 6) is -0.454. The van der Waals surface area contributed by atoms with Gasteiger partial charge in [-0.3, -0.25) is 20.4 Å². The van der Waals surface area contributed by atoms with Crippen LogP contribution >= 0.6 is 11.3 Å². The minimum atomic E-state index is -0.571. The number of carbonyl (C=O) groups excluding carboxylic acids is 2. The lowest BCUT2D eigenvalue weighted by atomic mass is 10.2. The summed E-state index contributed by atoms with van der Waals surface area (Å²) in [6.45, 7) is 0. The van der Waals surface area contributed by atoms with Gasteiger partial charge in [-0.2, -0.15) is 0 Å². The molecule has 2 aromatic carbocycles. The van der Waals surface area contributed by atoms with Gasteiger partial charge in [-0.15, -0.1) is 11.3 Å². The van der Waals surface area contributed by atoms with Crippen LogP contribution in [0, 0.1) is 5.82 Å². The lowest BCUT2D eigenvalue weighted by Gasteiger charge is -2.08. The molecule has 0 bridgehead atoms. The van der Waals surface area contributed by atoms with E-state index >= 15 is 0 Å². The van der Waals surface area contributed by atoms with Gasteiger partial charge in [0.1, 0.15) is 16.5 Å². The second kappa shape index (κ2) is 8.49. The van der Waals surface area contributed by atoms with Gasteiger partial charge in [0.15, 0.2) is 11.5 Å². The van der Waals surface area contributed by atoms with Crippen molar-refractivity contribution in [2.45, 2.75) is 0 Å². The number of benzene rings is 2. The van der Waals surface area contributed by atoms with Gasteiger partial charge in [-0.25, -0.2) is 9.37 Å². The average molecular weight is 401 g/mol. The minimum absolute atomic E-state index is 0.147. The molecule has 144 valence electrons. The van der Waals surface area contributed by atoms with Gasteiger partial charge in [0.25, 0.3) is 11.8 Å². The third-order valence-electron chi connectivity index (χ3n) is 3.76. The lowest BCUT2D eigenvalue weighted by Crippen LogP contribution is -2.41. The number of hydrazine groups is 1. The monoisotopic (exact) mass is 401 g/mol. The maximum Gasteiger partial charge on any atom is 0.289 e. The summed E-state index contributed by atoms with van der Waals surface area (Å²) in [6, 6.07) is 10.3. The highest BCUT2D eigenvalue weighted by Crippen LogP contribution is 2.33. The average Bonchev–Trinajstić information content (AvgIpc) is 3.22. The van der Waals surface area contributed by atoms with Crippen LogP contribution in [0.2, 0.25) is 0 Å². The van der Waals surface area contributed by atoms with Crippen LogP contribution < -0.4 is 20.3 Å². The van der Waals surface area contributed by atoms with Crippen LogP contribution in [0.1, 0.15) is 20.8 Å². The van der Waals surface area contributed by atoms with Crippen LogP contribution in [0.15, 0.2) is 47.8 Å². The number of nitrogens with one attached hydrogen (secondary N) is 2. The molecular weight excluding hydrogens is 385 g/mol. The summed E-state index contributed by atoms with van der Waals surface area (Å²) in [4.78, 5) is 28.5. The maximum absolute atomic E-state index is 12.9. The largest absolute Gasteiger partial charge is 0.493 e. The van der Waals surface area contributed by atoms with E-state index in [2.05, 4.69) is 15.8 Å². The van der Waals surface area contributed by atoms with Crippen molar-refractivity contribution in [1.82, 2.24) is 15.8 Å². The van der Waals surface area contributed by atoms with Crippen molar-refractivity contribution in [1.29, 1.82) is 0 Å². The number of carbonyl (C=O) groups is 2. The molecule has 0 aliphatic rings. The molecule has 1 aromatic heterocycles. The molecule has 3 aromatic rings. The van der Waals surface area contributed by atoms with E-state index in [9.17, 15) is 14.0 Å². The second-order valence-corrected chi connectivity index (χ2v) is 6.38. The fraction of sp³-hybridized carbons (Fsp3) is 0.105. The second-order valence-electron chi connectivity index (χ2n) is 5.52. The van der Waals surface area contributed by atoms with Crippen molar-refractivity contribution in [2.75, 3.05) is 14.2 Å². The Kier molecular flexibility index (Phi) is 5.85. The molecule has 0 aliphatic carbocycles. The molecule has 0 saturated heterocycles. The Bertz CT molecular complexity index is 1000. The van der Waals surface area contributed by atoms with Crippen LogP contribution in [-0.2, 0) is 0 Å². The number of halogens is 1. The first-order chi connectivity index (χ1) is 13.5. The number of nitrogens with zero attached hydrogens (tertiary/aromatic N) is 1. The van der Waals surface area contributed by atoms with Crippen LogP contribution in [0.4, 0.5) is 4.39 Å². The molecule has 2 amide bonds. The van der Waals surface area contributed by atoms with Crippen molar-refractivity contribution in [3.63, 3.8) is 0 Å². The summed E-state index contributed by atoms with van der Waals surface area (Å²) in [6.07, 6.45) is 0. The predicted octanol–water partition coefficient (Wildman–Crippen LogP) is 3.04. The number of ether oxygens (including phenoxy) is 2. The molecule has 0 atom stereocenters. The molecule has 0 saturated carbocycles. The first-order valence-corrected chi connectivity index (χ1v) is 8.94. The zero-order chi connectivity index (χ0) is 20.1. The molecular formula is C19H16FN3O4S. The molecule has 0 aliphatic heterocycles. The fourth-order valence-corrected chi connectivity index (χ4v) is 3.13. The lowest BCUT2D eigenvalue weighted by molar-refractivity contribution is 0.0844. The van der Waals surface area contributed by atoms with Crippen molar-refractivity contribution >= 4 is 23.2 Å². The van der Waals surface area contributed by atoms with E-state index in [0.29, 0.717) is 16.5 Å². The van der Waals surface area contributed by atoms with Crippen molar-refractivity contribution in [2.24, 2.45) is 0 Å². The number of hydrogen-bond acceptors (Lipinski definition) is 6. The van der Waals surface area contributed by atoms with E-state index in [-0.39, 0.29) is 11.3 Å². The van der Waals surface area contributed by atoms with Gasteiger partial charge in [-0.1, -0.05) is 0 Å². The third-order valence-corrected chi connectivity index (χ3v) is 4.65. The quantitative estimate of drug-likeness (QED) is 0.642. The molecule has 0 fully saturated rings. The summed E-state index contributed by atoms with van der Waals surface area (Å²) in [5, 5.41) is 2.18. The molecule has 2 N–H and O–H groups in total. The molecule has 0 unspecified atom stereocenters. The Morgan fingerprint density at radius 1 is 0.964 bits per heavy atom. The van der Waals surface area contributed by atoms with Crippen molar-refractivity contribution in [3.05, 3.63) is 64.9 Å². The summed E-state index contributed by atoms with van der Waals surface area (Å²) in [7, 11) is 3.08. The number of thiazole rings is 1. The van der Waals surface area contributed by atoms with Crippen LogP contribution in [0.5, 0.6) is 11.5 Å². The maximum atomic E-state index is 12.9. The molecule has 0 spiro atoms. The van der Waals surface area contributed by atoms with Crippen LogP contribution in [-0.4, -0.2) is 31.0 Å². The smallest absolute Gasteiger partial charge is 0.289 e. The van der Waals surface area contributed by atoms with E-state index in [1.807, 2.05) is 0 Å². The standard InChI is InChI=1S/C19H16FN3O4S/c1-26-15-8-5-12(9-16(15)27-2)19-21-14(10-28-19)18(25)23-22-17(24)11-3-6-13(20)7-4-11/h3-10H,1-2H3,(H,22,24)(H,23,25). The van der Waals surface area contributed by atoms with Crippen LogP contribution in [0.25, 0.3) is 10.6 Å².